The van der Waals surface area contributed by atoms with Crippen molar-refractivity contribution in [1.82, 2.24) is 0 Å². The SMILES string of the molecule is CC(=O)C=C(C)Nc1cccc2ccccc12. The van der Waals surface area contributed by atoms with Crippen molar-refractivity contribution in [2.45, 2.75) is 13.8 Å². The van der Waals surface area contributed by atoms with Crippen molar-refractivity contribution in [3.63, 3.8) is 0 Å². The predicted molar refractivity (Wildman–Crippen MR) is 72.0 cm³/mol. The Morgan fingerprint density at radius 1 is 1.06 bits per heavy atom. The van der Waals surface area contributed by atoms with Crippen LogP contribution in [0, 0.1) is 0 Å². The molecule has 2 heteroatoms. The summed E-state index contributed by atoms with van der Waals surface area (Å²) in [6.07, 6.45) is 1.60. The van der Waals surface area contributed by atoms with Gasteiger partial charge >= 0.3 is 0 Å². The third-order valence-corrected chi connectivity index (χ3v) is 2.54. The Bertz CT molecular complexity index is 579. The van der Waals surface area contributed by atoms with Gasteiger partial charge in [-0.1, -0.05) is 36.4 Å². The van der Waals surface area contributed by atoms with Crippen LogP contribution in [0.4, 0.5) is 5.69 Å². The van der Waals surface area contributed by atoms with Crippen molar-refractivity contribution in [3.05, 3.63) is 54.2 Å². The number of benzene rings is 2. The second-order valence-corrected chi connectivity index (χ2v) is 4.09. The van der Waals surface area contributed by atoms with E-state index in [1.807, 2.05) is 31.2 Å². The highest BCUT2D eigenvalue weighted by atomic mass is 16.1. The summed E-state index contributed by atoms with van der Waals surface area (Å²) >= 11 is 0. The van der Waals surface area contributed by atoms with E-state index in [4.69, 9.17) is 0 Å². The Labute approximate surface area is 101 Å². The molecule has 2 aromatic carbocycles. The summed E-state index contributed by atoms with van der Waals surface area (Å²) in [7, 11) is 0. The molecule has 86 valence electrons. The zero-order valence-corrected chi connectivity index (χ0v) is 10.0. The van der Waals surface area contributed by atoms with Crippen molar-refractivity contribution in [2.24, 2.45) is 0 Å². The van der Waals surface area contributed by atoms with Crippen molar-refractivity contribution >= 4 is 22.2 Å². The molecule has 0 unspecified atom stereocenters. The molecule has 0 heterocycles. The van der Waals surface area contributed by atoms with Gasteiger partial charge in [-0.3, -0.25) is 4.79 Å². The van der Waals surface area contributed by atoms with E-state index < -0.39 is 0 Å². The van der Waals surface area contributed by atoms with Gasteiger partial charge in [-0.25, -0.2) is 0 Å². The van der Waals surface area contributed by atoms with Gasteiger partial charge in [0.05, 0.1) is 0 Å². The second kappa shape index (κ2) is 4.83. The summed E-state index contributed by atoms with van der Waals surface area (Å²) < 4.78 is 0. The van der Waals surface area contributed by atoms with E-state index in [0.717, 1.165) is 16.8 Å². The summed E-state index contributed by atoms with van der Waals surface area (Å²) in [6.45, 7) is 3.44. The molecule has 2 aromatic rings. The highest BCUT2D eigenvalue weighted by molar-refractivity contribution is 5.95. The van der Waals surface area contributed by atoms with Crippen LogP contribution in [0.15, 0.2) is 54.2 Å². The van der Waals surface area contributed by atoms with E-state index in [1.165, 1.54) is 5.39 Å². The fourth-order valence-electron chi connectivity index (χ4n) is 1.89. The first-order chi connectivity index (χ1) is 8.16. The molecule has 0 bridgehead atoms. The number of anilines is 1. The zero-order valence-electron chi connectivity index (χ0n) is 10.0. The molecule has 0 amide bonds. The minimum absolute atomic E-state index is 0.0511. The van der Waals surface area contributed by atoms with Crippen LogP contribution in [-0.4, -0.2) is 5.78 Å². The molecular formula is C15H15NO. The van der Waals surface area contributed by atoms with E-state index in [-0.39, 0.29) is 5.78 Å². The molecular weight excluding hydrogens is 210 g/mol. The van der Waals surface area contributed by atoms with Gasteiger partial charge in [0.15, 0.2) is 5.78 Å². The second-order valence-electron chi connectivity index (χ2n) is 4.09. The van der Waals surface area contributed by atoms with Crippen LogP contribution in [0.2, 0.25) is 0 Å². The number of carbonyl (C=O) groups excluding carboxylic acids is 1. The fraction of sp³-hybridized carbons (Fsp3) is 0.133. The van der Waals surface area contributed by atoms with Crippen molar-refractivity contribution in [3.8, 4) is 0 Å². The highest BCUT2D eigenvalue weighted by Crippen LogP contribution is 2.23. The van der Waals surface area contributed by atoms with Crippen LogP contribution in [0.3, 0.4) is 0 Å². The molecule has 0 saturated carbocycles. The third-order valence-electron chi connectivity index (χ3n) is 2.54. The molecule has 0 fully saturated rings. The summed E-state index contributed by atoms with van der Waals surface area (Å²) in [5.74, 6) is 0.0511. The first-order valence-electron chi connectivity index (χ1n) is 5.60. The van der Waals surface area contributed by atoms with Crippen molar-refractivity contribution < 1.29 is 4.79 Å². The number of hydrogen-bond donors (Lipinski definition) is 1. The van der Waals surface area contributed by atoms with Crippen LogP contribution in [0.5, 0.6) is 0 Å². The van der Waals surface area contributed by atoms with E-state index >= 15 is 0 Å². The third kappa shape index (κ3) is 2.72. The van der Waals surface area contributed by atoms with E-state index in [0.29, 0.717) is 0 Å². The Balaban J connectivity index is 2.39. The van der Waals surface area contributed by atoms with Crippen LogP contribution in [0.1, 0.15) is 13.8 Å². The van der Waals surface area contributed by atoms with Gasteiger partial charge < -0.3 is 5.32 Å². The molecule has 2 rings (SSSR count). The van der Waals surface area contributed by atoms with Gasteiger partial charge in [0.2, 0.25) is 0 Å². The monoisotopic (exact) mass is 225 g/mol. The molecule has 17 heavy (non-hydrogen) atoms. The number of hydrogen-bond acceptors (Lipinski definition) is 2. The van der Waals surface area contributed by atoms with E-state index in [9.17, 15) is 4.79 Å². The molecule has 0 saturated heterocycles. The van der Waals surface area contributed by atoms with Crippen LogP contribution >= 0.6 is 0 Å². The lowest BCUT2D eigenvalue weighted by molar-refractivity contribution is -0.112. The average molecular weight is 225 g/mol. The fourth-order valence-corrected chi connectivity index (χ4v) is 1.89. The quantitative estimate of drug-likeness (QED) is 0.806. The number of rotatable bonds is 3. The standard InChI is InChI=1S/C15H15NO/c1-11(10-12(2)17)16-15-9-5-7-13-6-3-4-8-14(13)15/h3-10,16H,1-2H3. The Morgan fingerprint density at radius 2 is 1.76 bits per heavy atom. The minimum Gasteiger partial charge on any atom is -0.359 e. The molecule has 0 radical (unpaired) electrons. The smallest absolute Gasteiger partial charge is 0.154 e. The first-order valence-corrected chi connectivity index (χ1v) is 5.60. The molecule has 0 atom stereocenters. The van der Waals surface area contributed by atoms with Crippen LogP contribution in [0.25, 0.3) is 10.8 Å². The predicted octanol–water partition coefficient (Wildman–Crippen LogP) is 3.74. The largest absolute Gasteiger partial charge is 0.359 e. The maximum atomic E-state index is 11.0. The van der Waals surface area contributed by atoms with Gasteiger partial charge in [0, 0.05) is 16.8 Å². The topological polar surface area (TPSA) is 29.1 Å². The summed E-state index contributed by atoms with van der Waals surface area (Å²) in [6, 6.07) is 14.3. The first kappa shape index (κ1) is 11.4. The van der Waals surface area contributed by atoms with Crippen LogP contribution in [-0.2, 0) is 4.79 Å². The van der Waals surface area contributed by atoms with Gasteiger partial charge in [0.25, 0.3) is 0 Å². The van der Waals surface area contributed by atoms with E-state index in [2.05, 4.69) is 23.5 Å². The number of allylic oxidation sites excluding steroid dienone is 2. The molecule has 2 nitrogen and oxygen atoms in total. The normalized spacial score (nSPS) is 11.5. The molecule has 0 aliphatic carbocycles. The van der Waals surface area contributed by atoms with Gasteiger partial charge in [0.1, 0.15) is 0 Å². The lowest BCUT2D eigenvalue weighted by atomic mass is 10.1. The summed E-state index contributed by atoms with van der Waals surface area (Å²) in [4.78, 5) is 11.0. The van der Waals surface area contributed by atoms with Crippen LogP contribution < -0.4 is 5.32 Å². The van der Waals surface area contributed by atoms with Gasteiger partial charge in [-0.05, 0) is 31.4 Å². The average Bonchev–Trinajstić information content (AvgIpc) is 2.28. The molecule has 1 N–H and O–H groups in total. The summed E-state index contributed by atoms with van der Waals surface area (Å²) in [5.41, 5.74) is 1.88. The maximum Gasteiger partial charge on any atom is 0.154 e. The molecule has 0 aromatic heterocycles. The number of carbonyl (C=O) groups is 1. The van der Waals surface area contributed by atoms with Gasteiger partial charge in [-0.2, -0.15) is 0 Å². The highest BCUT2D eigenvalue weighted by Gasteiger charge is 2.00. The maximum absolute atomic E-state index is 11.0. The minimum atomic E-state index is 0.0511. The Morgan fingerprint density at radius 3 is 2.53 bits per heavy atom. The van der Waals surface area contributed by atoms with Crippen molar-refractivity contribution in [1.29, 1.82) is 0 Å². The lowest BCUT2D eigenvalue weighted by Gasteiger charge is -2.09. The molecule has 0 aliphatic heterocycles. The Hall–Kier alpha value is -2.09. The molecule has 0 spiro atoms. The lowest BCUT2D eigenvalue weighted by Crippen LogP contribution is -1.98. The number of ketones is 1. The molecule has 0 aliphatic rings. The zero-order chi connectivity index (χ0) is 12.3. The van der Waals surface area contributed by atoms with E-state index in [1.54, 1.807) is 13.0 Å². The Kier molecular flexibility index (Phi) is 3.24. The summed E-state index contributed by atoms with van der Waals surface area (Å²) in [5, 5.41) is 5.60. The van der Waals surface area contributed by atoms with Gasteiger partial charge in [-0.15, -0.1) is 0 Å². The number of fused-ring (bicyclic) bond motifs is 1. The van der Waals surface area contributed by atoms with Crippen molar-refractivity contribution in [2.75, 3.05) is 5.32 Å². The number of nitrogens with one attached hydrogen (secondary N) is 1.